The van der Waals surface area contributed by atoms with Crippen LogP contribution in [-0.4, -0.2) is 64.1 Å². The predicted molar refractivity (Wildman–Crippen MR) is 97.0 cm³/mol. The first kappa shape index (κ1) is 17.5. The number of amides is 1. The zero-order valence-electron chi connectivity index (χ0n) is 14.9. The number of aryl methyl sites for hydroxylation is 1. The molecule has 1 aliphatic rings. The van der Waals surface area contributed by atoms with E-state index in [4.69, 9.17) is 0 Å². The van der Waals surface area contributed by atoms with E-state index in [1.54, 1.807) is 4.57 Å². The second-order valence-corrected chi connectivity index (χ2v) is 6.39. The fraction of sp³-hybridized carbons (Fsp3) is 0.474. The van der Waals surface area contributed by atoms with Gasteiger partial charge in [0.25, 0.3) is 0 Å². The van der Waals surface area contributed by atoms with Crippen molar-refractivity contribution in [2.75, 3.05) is 32.7 Å². The van der Waals surface area contributed by atoms with Gasteiger partial charge in [-0.3, -0.25) is 4.79 Å². The lowest BCUT2D eigenvalue weighted by Gasteiger charge is -2.34. The van der Waals surface area contributed by atoms with Crippen LogP contribution in [0.2, 0.25) is 0 Å². The number of carboxylic acids is 1. The van der Waals surface area contributed by atoms with Crippen molar-refractivity contribution in [2.24, 2.45) is 0 Å². The molecular weight excluding hydrogens is 318 g/mol. The van der Waals surface area contributed by atoms with Gasteiger partial charge in [0.1, 0.15) is 5.69 Å². The van der Waals surface area contributed by atoms with Crippen molar-refractivity contribution >= 4 is 22.8 Å². The second-order valence-electron chi connectivity index (χ2n) is 6.39. The average Bonchev–Trinajstić information content (AvgIpc) is 2.95. The lowest BCUT2D eigenvalue weighted by atomic mass is 10.1. The number of hydrogen-bond donors (Lipinski definition) is 1. The third kappa shape index (κ3) is 3.26. The number of para-hydroxylation sites is 1. The molecule has 1 amide bonds. The topological polar surface area (TPSA) is 65.8 Å². The quantitative estimate of drug-likeness (QED) is 0.902. The van der Waals surface area contributed by atoms with Crippen LogP contribution < -0.4 is 0 Å². The van der Waals surface area contributed by atoms with Gasteiger partial charge in [-0.2, -0.15) is 0 Å². The maximum Gasteiger partial charge on any atom is 0.352 e. The van der Waals surface area contributed by atoms with Gasteiger partial charge in [0.2, 0.25) is 5.91 Å². The van der Waals surface area contributed by atoms with E-state index in [-0.39, 0.29) is 18.0 Å². The molecule has 0 radical (unpaired) electrons. The van der Waals surface area contributed by atoms with E-state index in [0.29, 0.717) is 25.2 Å². The number of likely N-dealkylation sites (N-methyl/N-ethyl adjacent to an activating group) is 1. The summed E-state index contributed by atoms with van der Waals surface area (Å²) in [5.74, 6) is -0.964. The van der Waals surface area contributed by atoms with Gasteiger partial charge in [-0.15, -0.1) is 0 Å². The molecule has 3 rings (SSSR count). The standard InChI is InChI=1S/C19H25N3O3/c1-3-20-9-11-21(12-10-20)17(23)13-15-14-7-5-6-8-16(14)22(4-2)18(15)19(24)25/h5-8H,3-4,9-13H2,1-2H3,(H,24,25). The van der Waals surface area contributed by atoms with Crippen molar-refractivity contribution < 1.29 is 14.7 Å². The average molecular weight is 343 g/mol. The first-order valence-corrected chi connectivity index (χ1v) is 8.90. The Balaban J connectivity index is 1.92. The number of aromatic nitrogens is 1. The zero-order chi connectivity index (χ0) is 18.0. The lowest BCUT2D eigenvalue weighted by Crippen LogP contribution is -2.49. The summed E-state index contributed by atoms with van der Waals surface area (Å²) < 4.78 is 1.79. The number of nitrogens with zero attached hydrogens (tertiary/aromatic N) is 3. The van der Waals surface area contributed by atoms with Crippen LogP contribution in [-0.2, 0) is 17.8 Å². The van der Waals surface area contributed by atoms with E-state index >= 15 is 0 Å². The fourth-order valence-corrected chi connectivity index (χ4v) is 3.70. The third-order valence-electron chi connectivity index (χ3n) is 5.09. The van der Waals surface area contributed by atoms with Gasteiger partial charge in [0.05, 0.1) is 6.42 Å². The van der Waals surface area contributed by atoms with Gasteiger partial charge >= 0.3 is 5.97 Å². The molecule has 25 heavy (non-hydrogen) atoms. The first-order chi connectivity index (χ1) is 12.1. The maximum atomic E-state index is 12.8. The number of carbonyl (C=O) groups is 2. The summed E-state index contributed by atoms with van der Waals surface area (Å²) in [6, 6.07) is 7.61. The van der Waals surface area contributed by atoms with Gasteiger partial charge in [-0.05, 0) is 19.5 Å². The SMILES string of the molecule is CCN1CCN(C(=O)Cc2c(C(=O)O)n(CC)c3ccccc23)CC1. The number of fused-ring (bicyclic) bond motifs is 1. The van der Waals surface area contributed by atoms with E-state index < -0.39 is 5.97 Å². The number of aromatic carboxylic acids is 1. The number of carboxylic acid groups (broad SMARTS) is 1. The van der Waals surface area contributed by atoms with Crippen molar-refractivity contribution in [3.8, 4) is 0 Å². The zero-order valence-corrected chi connectivity index (χ0v) is 14.9. The highest BCUT2D eigenvalue weighted by molar-refractivity contribution is 6.00. The molecule has 0 saturated carbocycles. The van der Waals surface area contributed by atoms with Crippen LogP contribution in [0, 0.1) is 0 Å². The van der Waals surface area contributed by atoms with Crippen molar-refractivity contribution in [1.82, 2.24) is 14.4 Å². The Morgan fingerprint density at radius 3 is 2.32 bits per heavy atom. The molecule has 6 heteroatoms. The largest absolute Gasteiger partial charge is 0.477 e. The Hall–Kier alpha value is -2.34. The Kier molecular flexibility index (Phi) is 5.08. The maximum absolute atomic E-state index is 12.8. The van der Waals surface area contributed by atoms with Gasteiger partial charge in [0, 0.05) is 49.2 Å². The number of rotatable bonds is 5. The molecular formula is C19H25N3O3. The van der Waals surface area contributed by atoms with Crippen molar-refractivity contribution in [1.29, 1.82) is 0 Å². The first-order valence-electron chi connectivity index (χ1n) is 8.90. The highest BCUT2D eigenvalue weighted by atomic mass is 16.4. The van der Waals surface area contributed by atoms with E-state index in [9.17, 15) is 14.7 Å². The molecule has 1 aromatic heterocycles. The summed E-state index contributed by atoms with van der Waals surface area (Å²) in [4.78, 5) is 28.8. The van der Waals surface area contributed by atoms with Gasteiger partial charge in [0.15, 0.2) is 0 Å². The molecule has 6 nitrogen and oxygen atoms in total. The summed E-state index contributed by atoms with van der Waals surface area (Å²) in [5, 5.41) is 10.6. The minimum absolute atomic E-state index is 0.0114. The van der Waals surface area contributed by atoms with E-state index in [2.05, 4.69) is 11.8 Å². The molecule has 1 saturated heterocycles. The molecule has 1 aromatic carbocycles. The summed E-state index contributed by atoms with van der Waals surface area (Å²) in [7, 11) is 0. The fourth-order valence-electron chi connectivity index (χ4n) is 3.70. The molecule has 1 N–H and O–H groups in total. The molecule has 0 bridgehead atoms. The molecule has 134 valence electrons. The van der Waals surface area contributed by atoms with E-state index in [0.717, 1.165) is 30.5 Å². The monoisotopic (exact) mass is 343 g/mol. The highest BCUT2D eigenvalue weighted by Crippen LogP contribution is 2.27. The number of benzene rings is 1. The van der Waals surface area contributed by atoms with E-state index in [1.165, 1.54) is 0 Å². The van der Waals surface area contributed by atoms with Crippen molar-refractivity contribution in [3.05, 3.63) is 35.5 Å². The molecule has 0 aliphatic carbocycles. The summed E-state index contributed by atoms with van der Waals surface area (Å²) in [6.07, 6.45) is 0.140. The van der Waals surface area contributed by atoms with Gasteiger partial charge < -0.3 is 19.5 Å². The summed E-state index contributed by atoms with van der Waals surface area (Å²) in [6.45, 7) is 8.78. The van der Waals surface area contributed by atoms with E-state index in [1.807, 2.05) is 36.1 Å². The minimum Gasteiger partial charge on any atom is -0.477 e. The number of piperazine rings is 1. The Morgan fingerprint density at radius 1 is 1.04 bits per heavy atom. The molecule has 2 aromatic rings. The smallest absolute Gasteiger partial charge is 0.352 e. The van der Waals surface area contributed by atoms with Crippen LogP contribution >= 0.6 is 0 Å². The normalized spacial score (nSPS) is 15.7. The summed E-state index contributed by atoms with van der Waals surface area (Å²) in [5.41, 5.74) is 1.75. The Bertz CT molecular complexity index is 789. The van der Waals surface area contributed by atoms with Crippen LogP contribution in [0.3, 0.4) is 0 Å². The Morgan fingerprint density at radius 2 is 1.72 bits per heavy atom. The van der Waals surface area contributed by atoms with Crippen LogP contribution in [0.15, 0.2) is 24.3 Å². The number of carbonyl (C=O) groups excluding carboxylic acids is 1. The molecule has 0 atom stereocenters. The lowest BCUT2D eigenvalue weighted by molar-refractivity contribution is -0.132. The second kappa shape index (κ2) is 7.27. The predicted octanol–water partition coefficient (Wildman–Crippen LogP) is 2.07. The van der Waals surface area contributed by atoms with Crippen LogP contribution in [0.1, 0.15) is 29.9 Å². The number of hydrogen-bond acceptors (Lipinski definition) is 3. The van der Waals surface area contributed by atoms with Crippen molar-refractivity contribution in [3.63, 3.8) is 0 Å². The van der Waals surface area contributed by atoms with Crippen LogP contribution in [0.25, 0.3) is 10.9 Å². The highest BCUT2D eigenvalue weighted by Gasteiger charge is 2.26. The Labute approximate surface area is 147 Å². The van der Waals surface area contributed by atoms with Crippen molar-refractivity contribution in [2.45, 2.75) is 26.8 Å². The third-order valence-corrected chi connectivity index (χ3v) is 5.09. The van der Waals surface area contributed by atoms with Crippen LogP contribution in [0.5, 0.6) is 0 Å². The van der Waals surface area contributed by atoms with Crippen LogP contribution in [0.4, 0.5) is 0 Å². The van der Waals surface area contributed by atoms with Gasteiger partial charge in [-0.25, -0.2) is 4.79 Å². The minimum atomic E-state index is -0.975. The molecule has 0 spiro atoms. The molecule has 1 aliphatic heterocycles. The molecule has 0 unspecified atom stereocenters. The molecule has 1 fully saturated rings. The summed E-state index contributed by atoms with van der Waals surface area (Å²) >= 11 is 0. The van der Waals surface area contributed by atoms with Gasteiger partial charge in [-0.1, -0.05) is 25.1 Å². The molecule has 2 heterocycles.